The Morgan fingerprint density at radius 2 is 2.05 bits per heavy atom. The quantitative estimate of drug-likeness (QED) is 0.841. The second-order valence-electron chi connectivity index (χ2n) is 3.64. The lowest BCUT2D eigenvalue weighted by atomic mass is 10.3. The molecule has 2 N–H and O–H groups in total. The van der Waals surface area contributed by atoms with E-state index < -0.39 is 18.8 Å². The summed E-state index contributed by atoms with van der Waals surface area (Å²) < 4.78 is 40.5. The lowest BCUT2D eigenvalue weighted by Gasteiger charge is -2.07. The summed E-state index contributed by atoms with van der Waals surface area (Å²) in [6.45, 7) is 2.17. The second-order valence-corrected chi connectivity index (χ2v) is 3.64. The van der Waals surface area contributed by atoms with Gasteiger partial charge >= 0.3 is 12.2 Å². The molecule has 6 nitrogen and oxygen atoms in total. The molecule has 1 aromatic rings. The SMILES string of the molecule is C/C=C\C(CC)=Nc1nc(N)nc(OCC(F)(F)F)n1. The van der Waals surface area contributed by atoms with E-state index in [9.17, 15) is 13.2 Å². The van der Waals surface area contributed by atoms with Crippen LogP contribution in [0.3, 0.4) is 0 Å². The summed E-state index contributed by atoms with van der Waals surface area (Å²) >= 11 is 0. The fourth-order valence-electron chi connectivity index (χ4n) is 1.18. The third kappa shape index (κ3) is 5.63. The molecule has 0 unspecified atom stereocenters. The molecule has 0 bridgehead atoms. The average Bonchev–Trinajstić information content (AvgIpc) is 2.34. The number of nitrogen functional groups attached to an aromatic ring is 1. The van der Waals surface area contributed by atoms with Crippen molar-refractivity contribution in [2.24, 2.45) is 4.99 Å². The van der Waals surface area contributed by atoms with Crippen molar-refractivity contribution in [3.8, 4) is 6.01 Å². The van der Waals surface area contributed by atoms with E-state index in [1.807, 2.05) is 13.8 Å². The molecule has 0 fully saturated rings. The van der Waals surface area contributed by atoms with Gasteiger partial charge in [0.2, 0.25) is 5.95 Å². The van der Waals surface area contributed by atoms with Gasteiger partial charge in [-0.25, -0.2) is 4.99 Å². The number of nitrogens with zero attached hydrogens (tertiary/aromatic N) is 4. The molecule has 1 heterocycles. The molecular weight excluding hydrogens is 275 g/mol. The van der Waals surface area contributed by atoms with Crippen molar-refractivity contribution in [3.63, 3.8) is 0 Å². The van der Waals surface area contributed by atoms with Gasteiger partial charge in [0.1, 0.15) is 0 Å². The van der Waals surface area contributed by atoms with Gasteiger partial charge in [-0.05, 0) is 19.4 Å². The van der Waals surface area contributed by atoms with Gasteiger partial charge in [0.15, 0.2) is 6.61 Å². The molecule has 9 heteroatoms. The Bertz CT molecular complexity index is 513. The lowest BCUT2D eigenvalue weighted by Crippen LogP contribution is -2.20. The Morgan fingerprint density at radius 3 is 2.60 bits per heavy atom. The van der Waals surface area contributed by atoms with Crippen LogP contribution < -0.4 is 10.5 Å². The van der Waals surface area contributed by atoms with Crippen LogP contribution in [0, 0.1) is 0 Å². The molecule has 0 spiro atoms. The number of alkyl halides is 3. The predicted octanol–water partition coefficient (Wildman–Crippen LogP) is 2.45. The number of aliphatic imine (C=N–C) groups is 1. The number of anilines is 1. The number of ether oxygens (including phenoxy) is 1. The van der Waals surface area contributed by atoms with Crippen LogP contribution in [-0.2, 0) is 0 Å². The molecule has 0 aliphatic rings. The van der Waals surface area contributed by atoms with Crippen molar-refractivity contribution in [1.82, 2.24) is 15.0 Å². The fraction of sp³-hybridized carbons (Fsp3) is 0.455. The molecule has 0 saturated carbocycles. The summed E-state index contributed by atoms with van der Waals surface area (Å²) in [6.07, 6.45) is -0.372. The van der Waals surface area contributed by atoms with E-state index >= 15 is 0 Å². The molecule has 0 amide bonds. The predicted molar refractivity (Wildman–Crippen MR) is 68.0 cm³/mol. The first-order valence-electron chi connectivity index (χ1n) is 5.75. The number of hydrogen-bond acceptors (Lipinski definition) is 6. The molecule has 110 valence electrons. The highest BCUT2D eigenvalue weighted by Gasteiger charge is 2.29. The number of hydrogen-bond donors (Lipinski definition) is 1. The number of rotatable bonds is 5. The van der Waals surface area contributed by atoms with Crippen LogP contribution in [0.5, 0.6) is 6.01 Å². The van der Waals surface area contributed by atoms with Crippen molar-refractivity contribution in [1.29, 1.82) is 0 Å². The molecule has 1 aromatic heterocycles. The van der Waals surface area contributed by atoms with E-state index in [0.717, 1.165) is 0 Å². The Kier molecular flexibility index (Phi) is 5.42. The van der Waals surface area contributed by atoms with Gasteiger partial charge in [-0.2, -0.15) is 28.1 Å². The summed E-state index contributed by atoms with van der Waals surface area (Å²) in [4.78, 5) is 14.9. The Hall–Kier alpha value is -2.19. The maximum Gasteiger partial charge on any atom is 0.422 e. The molecule has 0 atom stereocenters. The number of allylic oxidation sites excluding steroid dienone is 2. The monoisotopic (exact) mass is 289 g/mol. The third-order valence-electron chi connectivity index (χ3n) is 1.95. The molecule has 0 aliphatic heterocycles. The first-order valence-corrected chi connectivity index (χ1v) is 5.75. The zero-order valence-electron chi connectivity index (χ0n) is 11.0. The first kappa shape index (κ1) is 15.9. The van der Waals surface area contributed by atoms with Gasteiger partial charge in [-0.3, -0.25) is 0 Å². The Balaban J connectivity index is 2.96. The lowest BCUT2D eigenvalue weighted by molar-refractivity contribution is -0.154. The van der Waals surface area contributed by atoms with E-state index in [1.165, 1.54) is 0 Å². The van der Waals surface area contributed by atoms with Crippen LogP contribution in [-0.4, -0.2) is 33.4 Å². The molecule has 0 saturated heterocycles. The average molecular weight is 289 g/mol. The van der Waals surface area contributed by atoms with Crippen LogP contribution >= 0.6 is 0 Å². The number of aromatic nitrogens is 3. The van der Waals surface area contributed by atoms with Crippen molar-refractivity contribution < 1.29 is 17.9 Å². The standard InChI is InChI=1S/C11H14F3N5O/c1-3-5-7(4-2)16-9-17-8(15)18-10(19-9)20-6-11(12,13)14/h3,5H,4,6H2,1-2H3,(H2,15,17,18,19)/b5-3-,16-7?. The molecule has 1 rings (SSSR count). The van der Waals surface area contributed by atoms with Crippen LogP contribution in [0.25, 0.3) is 0 Å². The van der Waals surface area contributed by atoms with Crippen LogP contribution in [0.2, 0.25) is 0 Å². The van der Waals surface area contributed by atoms with Crippen LogP contribution in [0.1, 0.15) is 20.3 Å². The second kappa shape index (κ2) is 6.83. The van der Waals surface area contributed by atoms with E-state index in [0.29, 0.717) is 12.1 Å². The summed E-state index contributed by atoms with van der Waals surface area (Å²) in [5, 5.41) is 0. The van der Waals surface area contributed by atoms with Crippen LogP contribution in [0.15, 0.2) is 17.1 Å². The zero-order chi connectivity index (χ0) is 15.2. The van der Waals surface area contributed by atoms with Gasteiger partial charge in [-0.15, -0.1) is 0 Å². The van der Waals surface area contributed by atoms with E-state index in [1.54, 1.807) is 12.2 Å². The molecular formula is C11H14F3N5O. The Morgan fingerprint density at radius 1 is 1.35 bits per heavy atom. The fourth-order valence-corrected chi connectivity index (χ4v) is 1.18. The molecule has 0 radical (unpaired) electrons. The molecule has 0 aromatic carbocycles. The third-order valence-corrected chi connectivity index (χ3v) is 1.95. The van der Waals surface area contributed by atoms with E-state index in [4.69, 9.17) is 5.73 Å². The van der Waals surface area contributed by atoms with Gasteiger partial charge in [0.25, 0.3) is 5.95 Å². The summed E-state index contributed by atoms with van der Waals surface area (Å²) in [5.74, 6) is -0.350. The van der Waals surface area contributed by atoms with E-state index in [-0.39, 0.29) is 11.9 Å². The summed E-state index contributed by atoms with van der Waals surface area (Å²) in [7, 11) is 0. The summed E-state index contributed by atoms with van der Waals surface area (Å²) in [6, 6.07) is -0.510. The normalized spacial score (nSPS) is 12.9. The highest BCUT2D eigenvalue weighted by atomic mass is 19.4. The van der Waals surface area contributed by atoms with E-state index in [2.05, 4.69) is 24.7 Å². The van der Waals surface area contributed by atoms with Gasteiger partial charge in [0.05, 0.1) is 0 Å². The van der Waals surface area contributed by atoms with Crippen LogP contribution in [0.4, 0.5) is 25.1 Å². The number of halogens is 3. The minimum Gasteiger partial charge on any atom is -0.454 e. The summed E-state index contributed by atoms with van der Waals surface area (Å²) in [5.41, 5.74) is 6.03. The highest BCUT2D eigenvalue weighted by Crippen LogP contribution is 2.18. The molecule has 0 aliphatic carbocycles. The van der Waals surface area contributed by atoms with Crippen molar-refractivity contribution in [2.45, 2.75) is 26.4 Å². The number of nitrogens with two attached hydrogens (primary N) is 1. The van der Waals surface area contributed by atoms with Gasteiger partial charge in [0, 0.05) is 5.71 Å². The smallest absolute Gasteiger partial charge is 0.422 e. The van der Waals surface area contributed by atoms with Crippen molar-refractivity contribution in [3.05, 3.63) is 12.2 Å². The highest BCUT2D eigenvalue weighted by molar-refractivity contribution is 5.95. The first-order chi connectivity index (χ1) is 9.34. The topological polar surface area (TPSA) is 86.3 Å². The maximum absolute atomic E-state index is 12.0. The maximum atomic E-state index is 12.0. The minimum absolute atomic E-state index is 0.0929. The van der Waals surface area contributed by atoms with Crippen molar-refractivity contribution in [2.75, 3.05) is 12.3 Å². The Labute approximate surface area is 113 Å². The minimum atomic E-state index is -4.48. The zero-order valence-corrected chi connectivity index (χ0v) is 11.0. The van der Waals surface area contributed by atoms with Crippen molar-refractivity contribution >= 4 is 17.6 Å². The van der Waals surface area contributed by atoms with Gasteiger partial charge < -0.3 is 10.5 Å². The molecule has 20 heavy (non-hydrogen) atoms. The largest absolute Gasteiger partial charge is 0.454 e. The van der Waals surface area contributed by atoms with Gasteiger partial charge in [-0.1, -0.05) is 13.0 Å².